The predicted octanol–water partition coefficient (Wildman–Crippen LogP) is 3.59. The van der Waals surface area contributed by atoms with Crippen LogP contribution in [-0.4, -0.2) is 58.9 Å². The van der Waals surface area contributed by atoms with Crippen LogP contribution in [0.15, 0.2) is 54.6 Å². The summed E-state index contributed by atoms with van der Waals surface area (Å²) in [5.74, 6) is 0.423. The lowest BCUT2D eigenvalue weighted by molar-refractivity contribution is -0.143. The molecule has 6 atom stereocenters. The molecule has 1 aliphatic carbocycles. The number of nitrogens with zero attached hydrogens (tertiary/aromatic N) is 1. The second kappa shape index (κ2) is 12.6. The highest BCUT2D eigenvalue weighted by Gasteiger charge is 2.50. The Morgan fingerprint density at radius 3 is 2.59 bits per heavy atom. The van der Waals surface area contributed by atoms with E-state index in [9.17, 15) is 14.4 Å². The largest absolute Gasteiger partial charge is 0.347 e. The summed E-state index contributed by atoms with van der Waals surface area (Å²) in [6.07, 6.45) is 6.01. The maximum atomic E-state index is 14.1. The Balaban J connectivity index is 1.39. The topological polar surface area (TPSA) is 90.5 Å². The minimum atomic E-state index is -0.621. The van der Waals surface area contributed by atoms with Gasteiger partial charge in [0.2, 0.25) is 17.7 Å². The zero-order chi connectivity index (χ0) is 27.4. The number of rotatable bonds is 8. The van der Waals surface area contributed by atoms with E-state index in [1.807, 2.05) is 29.2 Å². The van der Waals surface area contributed by atoms with E-state index in [1.165, 1.54) is 16.7 Å². The molecule has 2 saturated heterocycles. The van der Waals surface area contributed by atoms with Gasteiger partial charge in [0.05, 0.1) is 17.5 Å². The lowest BCUT2D eigenvalue weighted by atomic mass is 9.87. The van der Waals surface area contributed by atoms with Crippen molar-refractivity contribution in [1.29, 1.82) is 0 Å². The number of hydrogen-bond acceptors (Lipinski definition) is 5. The van der Waals surface area contributed by atoms with Crippen molar-refractivity contribution >= 4 is 29.5 Å². The van der Waals surface area contributed by atoms with Crippen molar-refractivity contribution in [3.8, 4) is 0 Å². The molecule has 5 rings (SSSR count). The van der Waals surface area contributed by atoms with Crippen molar-refractivity contribution in [2.75, 3.05) is 12.8 Å². The maximum Gasteiger partial charge on any atom is 0.246 e. The molecule has 2 fully saturated rings. The van der Waals surface area contributed by atoms with Gasteiger partial charge in [-0.25, -0.2) is 0 Å². The van der Waals surface area contributed by atoms with Crippen LogP contribution >= 0.6 is 11.8 Å². The molecule has 2 aromatic rings. The number of benzene rings is 2. The van der Waals surface area contributed by atoms with Crippen LogP contribution in [0.2, 0.25) is 0 Å². The monoisotopic (exact) mass is 548 g/mol. The Morgan fingerprint density at radius 2 is 1.79 bits per heavy atom. The van der Waals surface area contributed by atoms with E-state index < -0.39 is 18.1 Å². The second-order valence-electron chi connectivity index (χ2n) is 11.0. The molecule has 39 heavy (non-hydrogen) atoms. The van der Waals surface area contributed by atoms with Crippen molar-refractivity contribution < 1.29 is 14.4 Å². The molecule has 0 spiro atoms. The van der Waals surface area contributed by atoms with E-state index >= 15 is 0 Å². The molecule has 2 aliphatic heterocycles. The van der Waals surface area contributed by atoms with Crippen molar-refractivity contribution in [3.05, 3.63) is 71.3 Å². The minimum absolute atomic E-state index is 0.0435. The highest BCUT2D eigenvalue weighted by atomic mass is 32.2. The van der Waals surface area contributed by atoms with Crippen LogP contribution in [0.4, 0.5) is 0 Å². The lowest BCUT2D eigenvalue weighted by Crippen LogP contribution is -2.57. The van der Waals surface area contributed by atoms with Gasteiger partial charge in [-0.3, -0.25) is 14.4 Å². The first kappa shape index (κ1) is 27.7. The van der Waals surface area contributed by atoms with Crippen LogP contribution in [0.1, 0.15) is 61.8 Å². The number of nitrogens with one attached hydrogen (secondary N) is 3. The van der Waals surface area contributed by atoms with E-state index in [4.69, 9.17) is 0 Å². The minimum Gasteiger partial charge on any atom is -0.347 e. The molecule has 8 heteroatoms. The molecule has 0 radical (unpaired) electrons. The number of fused-ring (bicyclic) bond motifs is 2. The van der Waals surface area contributed by atoms with E-state index in [0.29, 0.717) is 6.42 Å². The predicted molar refractivity (Wildman–Crippen MR) is 155 cm³/mol. The average Bonchev–Trinajstić information content (AvgIpc) is 3.26. The first-order valence-electron chi connectivity index (χ1n) is 14.3. The van der Waals surface area contributed by atoms with Crippen molar-refractivity contribution in [1.82, 2.24) is 20.9 Å². The standard InChI is InChI=1S/C31H40N4O3S/c1-20(32-2)29(36)34-26-17-18-39-27-19-23(16-15-21-9-4-3-5-10-21)28(35(27)31(26)38)30(37)33-25-14-8-12-22-11-6-7-13-24(22)25/h3-7,9-11,13,20,23,25-28,32H,8,12,14-19H2,1-2H3,(H,33,37)(H,34,36)/t20-,23?,25?,26-,27-,28?/m0/s1. The molecule has 2 heterocycles. The molecular weight excluding hydrogens is 508 g/mol. The zero-order valence-corrected chi connectivity index (χ0v) is 23.7. The van der Waals surface area contributed by atoms with Gasteiger partial charge in [0.15, 0.2) is 0 Å². The van der Waals surface area contributed by atoms with Gasteiger partial charge in [0.25, 0.3) is 0 Å². The molecule has 0 aromatic heterocycles. The number of amides is 3. The normalized spacial score (nSPS) is 27.2. The van der Waals surface area contributed by atoms with E-state index in [-0.39, 0.29) is 35.1 Å². The Hall–Kier alpha value is -2.84. The maximum absolute atomic E-state index is 14.1. The van der Waals surface area contributed by atoms with Gasteiger partial charge < -0.3 is 20.9 Å². The van der Waals surface area contributed by atoms with Crippen molar-refractivity contribution in [2.45, 2.75) is 81.4 Å². The van der Waals surface area contributed by atoms with Gasteiger partial charge in [0.1, 0.15) is 12.1 Å². The summed E-state index contributed by atoms with van der Waals surface area (Å²) in [6, 6.07) is 17.1. The third-order valence-corrected chi connectivity index (χ3v) is 9.85. The zero-order valence-electron chi connectivity index (χ0n) is 22.9. The Morgan fingerprint density at radius 1 is 1.03 bits per heavy atom. The Labute approximate surface area is 235 Å². The van der Waals surface area contributed by atoms with Crippen LogP contribution in [0, 0.1) is 5.92 Å². The molecule has 3 amide bonds. The van der Waals surface area contributed by atoms with E-state index in [1.54, 1.807) is 25.7 Å². The molecule has 0 bridgehead atoms. The first-order valence-corrected chi connectivity index (χ1v) is 15.3. The summed E-state index contributed by atoms with van der Waals surface area (Å²) < 4.78 is 0. The number of carbonyl (C=O) groups is 3. The third kappa shape index (κ3) is 6.17. The molecule has 2 aromatic carbocycles. The van der Waals surface area contributed by atoms with Gasteiger partial charge in [-0.2, -0.15) is 0 Å². The van der Waals surface area contributed by atoms with E-state index in [0.717, 1.165) is 44.3 Å². The van der Waals surface area contributed by atoms with Gasteiger partial charge >= 0.3 is 0 Å². The average molecular weight is 549 g/mol. The molecule has 7 nitrogen and oxygen atoms in total. The summed E-state index contributed by atoms with van der Waals surface area (Å²) in [5, 5.41) is 9.21. The molecule has 3 N–H and O–H groups in total. The van der Waals surface area contributed by atoms with Crippen LogP contribution < -0.4 is 16.0 Å². The van der Waals surface area contributed by atoms with Crippen LogP contribution in [0.5, 0.6) is 0 Å². The fourth-order valence-electron chi connectivity index (χ4n) is 6.30. The quantitative estimate of drug-likeness (QED) is 0.469. The lowest BCUT2D eigenvalue weighted by Gasteiger charge is -2.34. The van der Waals surface area contributed by atoms with Gasteiger partial charge in [-0.05, 0) is 87.3 Å². The van der Waals surface area contributed by atoms with Gasteiger partial charge in [-0.15, -0.1) is 11.8 Å². The van der Waals surface area contributed by atoms with Crippen molar-refractivity contribution in [2.24, 2.45) is 5.92 Å². The first-order chi connectivity index (χ1) is 19.0. The molecule has 0 saturated carbocycles. The molecule has 208 valence electrons. The number of aryl methyl sites for hydroxylation is 2. The molecule has 3 unspecified atom stereocenters. The van der Waals surface area contributed by atoms with Crippen molar-refractivity contribution in [3.63, 3.8) is 0 Å². The molecular formula is C31H40N4O3S. The van der Waals surface area contributed by atoms with Gasteiger partial charge in [0, 0.05) is 0 Å². The molecule has 3 aliphatic rings. The summed E-state index contributed by atoms with van der Waals surface area (Å²) in [7, 11) is 1.73. The smallest absolute Gasteiger partial charge is 0.246 e. The highest BCUT2D eigenvalue weighted by Crippen LogP contribution is 2.42. The second-order valence-corrected chi connectivity index (χ2v) is 12.3. The highest BCUT2D eigenvalue weighted by molar-refractivity contribution is 7.99. The Kier molecular flexibility index (Phi) is 8.92. The Bertz CT molecular complexity index is 1180. The summed E-state index contributed by atoms with van der Waals surface area (Å²) >= 11 is 1.74. The van der Waals surface area contributed by atoms with Crippen LogP contribution in [0.25, 0.3) is 0 Å². The summed E-state index contributed by atoms with van der Waals surface area (Å²) in [4.78, 5) is 42.6. The van der Waals surface area contributed by atoms with Crippen LogP contribution in [-0.2, 0) is 27.2 Å². The fourth-order valence-corrected chi connectivity index (χ4v) is 7.72. The summed E-state index contributed by atoms with van der Waals surface area (Å²) in [6.45, 7) is 1.78. The SMILES string of the molecule is CN[C@@H](C)C(=O)N[C@H]1CCS[C@H]2CC(CCc3ccccc3)C(C(=O)NC3CCCc4ccccc43)N2C1=O. The van der Waals surface area contributed by atoms with Gasteiger partial charge in [-0.1, -0.05) is 54.6 Å². The number of carbonyl (C=O) groups excluding carboxylic acids is 3. The summed E-state index contributed by atoms with van der Waals surface area (Å²) in [5.41, 5.74) is 3.72. The van der Waals surface area contributed by atoms with Crippen LogP contribution in [0.3, 0.4) is 0 Å². The number of hydrogen-bond donors (Lipinski definition) is 3. The fraction of sp³-hybridized carbons (Fsp3) is 0.516. The third-order valence-electron chi connectivity index (χ3n) is 8.57. The number of thioether (sulfide) groups is 1. The number of likely N-dealkylation sites (N-methyl/N-ethyl adjacent to an activating group) is 1. The van der Waals surface area contributed by atoms with E-state index in [2.05, 4.69) is 46.3 Å².